The van der Waals surface area contributed by atoms with E-state index in [2.05, 4.69) is 10.2 Å². The lowest BCUT2D eigenvalue weighted by Gasteiger charge is -2.35. The van der Waals surface area contributed by atoms with Crippen molar-refractivity contribution < 1.29 is 23.2 Å². The molecule has 1 amide bonds. The summed E-state index contributed by atoms with van der Waals surface area (Å²) in [4.78, 5) is 14.2. The summed E-state index contributed by atoms with van der Waals surface area (Å²) in [5.41, 5.74) is -0.102. The molecule has 2 aliphatic rings. The summed E-state index contributed by atoms with van der Waals surface area (Å²) in [6.45, 7) is 14.8. The number of halogens is 1. The van der Waals surface area contributed by atoms with Gasteiger partial charge in [0.1, 0.15) is 11.4 Å². The maximum Gasteiger partial charge on any atom is 0.495 e. The average molecular weight is 420 g/mol. The summed E-state index contributed by atoms with van der Waals surface area (Å²) in [5.74, 6) is -0.334. The van der Waals surface area contributed by atoms with Crippen molar-refractivity contribution in [1.82, 2.24) is 5.32 Å². The minimum Gasteiger partial charge on any atom is -0.444 e. The first-order chi connectivity index (χ1) is 13.8. The number of benzene rings is 1. The van der Waals surface area contributed by atoms with Crippen molar-refractivity contribution in [2.75, 3.05) is 18.0 Å². The average Bonchev–Trinajstić information content (AvgIpc) is 2.80. The number of nitrogens with zero attached hydrogens (tertiary/aromatic N) is 1. The second-order valence-corrected chi connectivity index (χ2v) is 10.3. The van der Waals surface area contributed by atoms with Gasteiger partial charge in [0.25, 0.3) is 0 Å². The molecule has 2 heterocycles. The van der Waals surface area contributed by atoms with Crippen LogP contribution in [0.5, 0.6) is 0 Å². The van der Waals surface area contributed by atoms with Gasteiger partial charge in [0.2, 0.25) is 0 Å². The Hall–Kier alpha value is -1.80. The molecule has 0 spiro atoms. The van der Waals surface area contributed by atoms with Crippen molar-refractivity contribution in [3.8, 4) is 0 Å². The van der Waals surface area contributed by atoms with E-state index in [0.717, 1.165) is 25.1 Å². The number of nitrogens with one attached hydrogen (secondary N) is 1. The third-order valence-electron chi connectivity index (χ3n) is 5.94. The minimum atomic E-state index is -0.620. The normalized spacial score (nSPS) is 23.4. The van der Waals surface area contributed by atoms with Gasteiger partial charge in [0.05, 0.1) is 11.2 Å². The van der Waals surface area contributed by atoms with E-state index in [1.807, 2.05) is 54.5 Å². The summed E-state index contributed by atoms with van der Waals surface area (Å²) < 4.78 is 32.0. The molecule has 3 rings (SSSR count). The van der Waals surface area contributed by atoms with Gasteiger partial charge in [0, 0.05) is 24.8 Å². The van der Waals surface area contributed by atoms with Crippen molar-refractivity contribution in [3.63, 3.8) is 0 Å². The number of alkyl carbamates (subject to hydrolysis) is 1. The largest absolute Gasteiger partial charge is 0.495 e. The van der Waals surface area contributed by atoms with E-state index in [-0.39, 0.29) is 11.9 Å². The predicted octanol–water partition coefficient (Wildman–Crippen LogP) is 3.62. The molecule has 0 bridgehead atoms. The van der Waals surface area contributed by atoms with E-state index in [1.54, 1.807) is 0 Å². The Labute approximate surface area is 179 Å². The van der Waals surface area contributed by atoms with Crippen LogP contribution in [0.15, 0.2) is 18.2 Å². The van der Waals surface area contributed by atoms with Crippen LogP contribution in [-0.4, -0.2) is 49.1 Å². The fourth-order valence-electron chi connectivity index (χ4n) is 3.70. The van der Waals surface area contributed by atoms with E-state index in [4.69, 9.17) is 14.0 Å². The Morgan fingerprint density at radius 3 is 2.43 bits per heavy atom. The smallest absolute Gasteiger partial charge is 0.444 e. The molecular weight excluding hydrogens is 386 g/mol. The standard InChI is InChI=1S/C22H34BFN2O4/c1-20(2,3)28-19(27)25-17-9-8-10-26(14-17)18-12-15(11-16(24)13-18)23-29-21(4,5)22(6,7)30-23/h11-13,17H,8-10,14H2,1-7H3,(H,25,27). The quantitative estimate of drug-likeness (QED) is 0.757. The van der Waals surface area contributed by atoms with E-state index in [9.17, 15) is 9.18 Å². The highest BCUT2D eigenvalue weighted by molar-refractivity contribution is 6.62. The Balaban J connectivity index is 1.72. The lowest BCUT2D eigenvalue weighted by atomic mass is 9.78. The van der Waals surface area contributed by atoms with E-state index >= 15 is 0 Å². The van der Waals surface area contributed by atoms with Gasteiger partial charge in [-0.1, -0.05) is 0 Å². The van der Waals surface area contributed by atoms with Crippen molar-refractivity contribution in [3.05, 3.63) is 24.0 Å². The fraction of sp³-hybridized carbons (Fsp3) is 0.682. The Bertz CT molecular complexity index is 778. The summed E-state index contributed by atoms with van der Waals surface area (Å²) >= 11 is 0. The van der Waals surface area contributed by atoms with E-state index in [0.29, 0.717) is 12.0 Å². The number of carbonyl (C=O) groups excluding carboxylic acids is 1. The Kier molecular flexibility index (Phi) is 6.13. The molecule has 1 unspecified atom stereocenters. The van der Waals surface area contributed by atoms with Gasteiger partial charge in [-0.2, -0.15) is 0 Å². The Morgan fingerprint density at radius 2 is 1.83 bits per heavy atom. The number of amides is 1. The molecule has 166 valence electrons. The second-order valence-electron chi connectivity index (χ2n) is 10.3. The van der Waals surface area contributed by atoms with E-state index < -0.39 is 30.0 Å². The predicted molar refractivity (Wildman–Crippen MR) is 117 cm³/mol. The maximum atomic E-state index is 14.5. The molecule has 1 aromatic carbocycles. The van der Waals surface area contributed by atoms with Crippen molar-refractivity contribution in [2.45, 2.75) is 84.2 Å². The number of hydrogen-bond donors (Lipinski definition) is 1. The second kappa shape index (κ2) is 8.04. The lowest BCUT2D eigenvalue weighted by molar-refractivity contribution is 0.00578. The molecule has 2 aliphatic heterocycles. The molecule has 1 atom stereocenters. The molecule has 6 nitrogen and oxygen atoms in total. The van der Waals surface area contributed by atoms with Crippen molar-refractivity contribution in [2.24, 2.45) is 0 Å². The highest BCUT2D eigenvalue weighted by Gasteiger charge is 2.51. The monoisotopic (exact) mass is 420 g/mol. The van der Waals surface area contributed by atoms with Gasteiger partial charge in [-0.3, -0.25) is 0 Å². The van der Waals surface area contributed by atoms with Crippen LogP contribution in [0.4, 0.5) is 14.9 Å². The molecule has 2 saturated heterocycles. The zero-order valence-electron chi connectivity index (χ0n) is 19.2. The lowest BCUT2D eigenvalue weighted by Crippen LogP contribution is -2.49. The zero-order chi connectivity index (χ0) is 22.3. The number of anilines is 1. The molecule has 1 N–H and O–H groups in total. The van der Waals surface area contributed by atoms with Crippen LogP contribution in [0.3, 0.4) is 0 Å². The van der Waals surface area contributed by atoms with Crippen LogP contribution < -0.4 is 15.7 Å². The molecule has 30 heavy (non-hydrogen) atoms. The molecule has 8 heteroatoms. The number of rotatable bonds is 3. The minimum absolute atomic E-state index is 0.0582. The number of ether oxygens (including phenoxy) is 1. The van der Waals surface area contributed by atoms with Crippen LogP contribution in [0.1, 0.15) is 61.3 Å². The van der Waals surface area contributed by atoms with Gasteiger partial charge in [0.15, 0.2) is 0 Å². The number of hydrogen-bond acceptors (Lipinski definition) is 5. The van der Waals surface area contributed by atoms with Gasteiger partial charge >= 0.3 is 13.2 Å². The highest BCUT2D eigenvalue weighted by atomic mass is 19.1. The van der Waals surface area contributed by atoms with Gasteiger partial charge in [-0.25, -0.2) is 9.18 Å². The molecular formula is C22H34BFN2O4. The molecule has 1 aromatic rings. The van der Waals surface area contributed by atoms with Gasteiger partial charge in [-0.15, -0.1) is 0 Å². The van der Waals surface area contributed by atoms with Crippen LogP contribution >= 0.6 is 0 Å². The summed E-state index contributed by atoms with van der Waals surface area (Å²) in [7, 11) is -0.620. The third kappa shape index (κ3) is 5.27. The van der Waals surface area contributed by atoms with E-state index in [1.165, 1.54) is 12.1 Å². The first kappa shape index (κ1) is 22.9. The molecule has 0 radical (unpaired) electrons. The number of carbonyl (C=O) groups is 1. The summed E-state index contributed by atoms with van der Waals surface area (Å²) in [6.07, 6.45) is 1.32. The van der Waals surface area contributed by atoms with Crippen LogP contribution in [0, 0.1) is 5.82 Å². The molecule has 0 aliphatic carbocycles. The van der Waals surface area contributed by atoms with Crippen molar-refractivity contribution >= 4 is 24.4 Å². The van der Waals surface area contributed by atoms with Gasteiger partial charge < -0.3 is 24.3 Å². The SMILES string of the molecule is CC(C)(C)OC(=O)NC1CCCN(c2cc(F)cc(B3OC(C)(C)C(C)(C)O3)c2)C1. The van der Waals surface area contributed by atoms with Crippen LogP contribution in [0.25, 0.3) is 0 Å². The third-order valence-corrected chi connectivity index (χ3v) is 5.94. The van der Waals surface area contributed by atoms with Crippen molar-refractivity contribution in [1.29, 1.82) is 0 Å². The van der Waals surface area contributed by atoms with Crippen LogP contribution in [-0.2, 0) is 14.0 Å². The first-order valence-electron chi connectivity index (χ1n) is 10.7. The highest BCUT2D eigenvalue weighted by Crippen LogP contribution is 2.36. The summed E-state index contributed by atoms with van der Waals surface area (Å²) in [6, 6.07) is 4.84. The maximum absolute atomic E-state index is 14.5. The zero-order valence-corrected chi connectivity index (χ0v) is 19.2. The fourth-order valence-corrected chi connectivity index (χ4v) is 3.70. The first-order valence-corrected chi connectivity index (χ1v) is 10.7. The topological polar surface area (TPSA) is 60.0 Å². The molecule has 2 fully saturated rings. The molecule has 0 saturated carbocycles. The molecule has 0 aromatic heterocycles. The number of piperidine rings is 1. The van der Waals surface area contributed by atoms with Crippen LogP contribution in [0.2, 0.25) is 0 Å². The Morgan fingerprint density at radius 1 is 1.20 bits per heavy atom. The van der Waals surface area contributed by atoms with Gasteiger partial charge in [-0.05, 0) is 85.0 Å². The summed E-state index contributed by atoms with van der Waals surface area (Å²) in [5, 5.41) is 2.94.